The molecule has 16 heavy (non-hydrogen) atoms. The third kappa shape index (κ3) is 2.97. The predicted molar refractivity (Wildman–Crippen MR) is 66.2 cm³/mol. The van der Waals surface area contributed by atoms with Crippen LogP contribution in [0.15, 0.2) is 22.8 Å². The topological polar surface area (TPSA) is 26.3 Å². The molecule has 0 spiro atoms. The summed E-state index contributed by atoms with van der Waals surface area (Å²) in [5.74, 6) is -0.151. The SMILES string of the molecule is CC/C=C1\CCCC\C1=C(/CC)C(=O)OC. The number of ether oxygens (including phenoxy) is 1. The number of carbonyl (C=O) groups is 1. The zero-order chi connectivity index (χ0) is 12.0. The Hall–Kier alpha value is -1.05. The molecule has 0 amide bonds. The smallest absolute Gasteiger partial charge is 0.333 e. The number of hydrogen-bond donors (Lipinski definition) is 0. The fraction of sp³-hybridized carbons (Fsp3) is 0.643. The lowest BCUT2D eigenvalue weighted by molar-refractivity contribution is -0.136. The summed E-state index contributed by atoms with van der Waals surface area (Å²) in [6, 6.07) is 0. The van der Waals surface area contributed by atoms with E-state index in [4.69, 9.17) is 4.74 Å². The van der Waals surface area contributed by atoms with Crippen LogP contribution in [0.5, 0.6) is 0 Å². The molecule has 0 unspecified atom stereocenters. The number of carbonyl (C=O) groups excluding carboxylic acids is 1. The van der Waals surface area contributed by atoms with E-state index < -0.39 is 0 Å². The van der Waals surface area contributed by atoms with Crippen LogP contribution in [0.25, 0.3) is 0 Å². The second-order valence-corrected chi connectivity index (χ2v) is 4.15. The average molecular weight is 222 g/mol. The number of methoxy groups -OCH3 is 1. The Morgan fingerprint density at radius 1 is 1.31 bits per heavy atom. The van der Waals surface area contributed by atoms with E-state index in [1.54, 1.807) is 0 Å². The van der Waals surface area contributed by atoms with Crippen molar-refractivity contribution < 1.29 is 9.53 Å². The molecule has 0 bridgehead atoms. The maximum Gasteiger partial charge on any atom is 0.333 e. The number of hydrogen-bond acceptors (Lipinski definition) is 2. The van der Waals surface area contributed by atoms with Crippen LogP contribution in [0.3, 0.4) is 0 Å². The third-order valence-corrected chi connectivity index (χ3v) is 3.11. The van der Waals surface area contributed by atoms with Gasteiger partial charge in [-0.2, -0.15) is 0 Å². The predicted octanol–water partition coefficient (Wildman–Crippen LogP) is 3.78. The van der Waals surface area contributed by atoms with Crippen LogP contribution < -0.4 is 0 Å². The molecule has 1 aliphatic carbocycles. The molecule has 1 rings (SSSR count). The Morgan fingerprint density at radius 3 is 2.56 bits per heavy atom. The van der Waals surface area contributed by atoms with Crippen LogP contribution in [-0.4, -0.2) is 13.1 Å². The highest BCUT2D eigenvalue weighted by Crippen LogP contribution is 2.32. The molecule has 1 fully saturated rings. The summed E-state index contributed by atoms with van der Waals surface area (Å²) in [6.45, 7) is 4.17. The molecule has 0 aromatic carbocycles. The summed E-state index contributed by atoms with van der Waals surface area (Å²) in [7, 11) is 1.46. The summed E-state index contributed by atoms with van der Waals surface area (Å²) >= 11 is 0. The lowest BCUT2D eigenvalue weighted by atomic mass is 9.85. The van der Waals surface area contributed by atoms with Gasteiger partial charge in [-0.1, -0.05) is 19.9 Å². The van der Waals surface area contributed by atoms with Gasteiger partial charge in [0, 0.05) is 5.57 Å². The second kappa shape index (κ2) is 6.51. The lowest BCUT2D eigenvalue weighted by Gasteiger charge is -2.21. The number of allylic oxidation sites excluding steroid dienone is 3. The zero-order valence-corrected chi connectivity index (χ0v) is 10.6. The van der Waals surface area contributed by atoms with Gasteiger partial charge in [0.25, 0.3) is 0 Å². The first kappa shape index (κ1) is 13.0. The third-order valence-electron chi connectivity index (χ3n) is 3.11. The quantitative estimate of drug-likeness (QED) is 0.536. The van der Waals surface area contributed by atoms with Gasteiger partial charge in [-0.3, -0.25) is 0 Å². The summed E-state index contributed by atoms with van der Waals surface area (Å²) in [4.78, 5) is 11.7. The maximum absolute atomic E-state index is 11.7. The van der Waals surface area contributed by atoms with E-state index in [0.717, 1.165) is 31.3 Å². The Balaban J connectivity index is 3.06. The van der Waals surface area contributed by atoms with Crippen molar-refractivity contribution in [1.29, 1.82) is 0 Å². The second-order valence-electron chi connectivity index (χ2n) is 4.15. The number of rotatable bonds is 3. The number of esters is 1. The van der Waals surface area contributed by atoms with Gasteiger partial charge in [0.15, 0.2) is 0 Å². The highest BCUT2D eigenvalue weighted by atomic mass is 16.5. The van der Waals surface area contributed by atoms with Gasteiger partial charge in [-0.25, -0.2) is 4.79 Å². The van der Waals surface area contributed by atoms with Gasteiger partial charge < -0.3 is 4.74 Å². The Bertz CT molecular complexity index is 311. The molecule has 0 aliphatic heterocycles. The van der Waals surface area contributed by atoms with Gasteiger partial charge in [0.1, 0.15) is 0 Å². The molecule has 90 valence electrons. The fourth-order valence-corrected chi connectivity index (χ4v) is 2.35. The summed E-state index contributed by atoms with van der Waals surface area (Å²) < 4.78 is 4.86. The Kier molecular flexibility index (Phi) is 5.30. The summed E-state index contributed by atoms with van der Waals surface area (Å²) in [5, 5.41) is 0. The minimum absolute atomic E-state index is 0.151. The van der Waals surface area contributed by atoms with Crippen LogP contribution in [0.2, 0.25) is 0 Å². The highest BCUT2D eigenvalue weighted by molar-refractivity contribution is 5.90. The molecular weight excluding hydrogens is 200 g/mol. The monoisotopic (exact) mass is 222 g/mol. The molecule has 1 saturated carbocycles. The van der Waals surface area contributed by atoms with E-state index in [0.29, 0.717) is 0 Å². The van der Waals surface area contributed by atoms with Crippen molar-refractivity contribution in [2.75, 3.05) is 7.11 Å². The minimum Gasteiger partial charge on any atom is -0.466 e. The Morgan fingerprint density at radius 2 is 2.00 bits per heavy atom. The molecule has 2 nitrogen and oxygen atoms in total. The van der Waals surface area contributed by atoms with Gasteiger partial charge in [-0.15, -0.1) is 0 Å². The first-order chi connectivity index (χ1) is 7.74. The van der Waals surface area contributed by atoms with Crippen molar-refractivity contribution in [1.82, 2.24) is 0 Å². The summed E-state index contributed by atoms with van der Waals surface area (Å²) in [6.07, 6.45) is 8.64. The standard InChI is InChI=1S/C14H22O2/c1-4-8-11-9-6-7-10-13(11)12(5-2)14(15)16-3/h8H,4-7,9-10H2,1-3H3/b11-8+,13-12-. The molecule has 0 radical (unpaired) electrons. The van der Waals surface area contributed by atoms with Crippen LogP contribution in [0.4, 0.5) is 0 Å². The normalized spacial score (nSPS) is 22.1. The molecule has 2 heteroatoms. The van der Waals surface area contributed by atoms with E-state index in [-0.39, 0.29) is 5.97 Å². The highest BCUT2D eigenvalue weighted by Gasteiger charge is 2.19. The molecule has 0 aromatic heterocycles. The first-order valence-corrected chi connectivity index (χ1v) is 6.24. The molecule has 0 heterocycles. The van der Waals surface area contributed by atoms with Crippen molar-refractivity contribution in [3.8, 4) is 0 Å². The van der Waals surface area contributed by atoms with Crippen LogP contribution >= 0.6 is 0 Å². The molecule has 0 aromatic rings. The first-order valence-electron chi connectivity index (χ1n) is 6.24. The molecule has 0 saturated heterocycles. The van der Waals surface area contributed by atoms with Gasteiger partial charge in [0.2, 0.25) is 0 Å². The van der Waals surface area contributed by atoms with Crippen LogP contribution in [0.1, 0.15) is 52.4 Å². The van der Waals surface area contributed by atoms with Crippen molar-refractivity contribution in [2.24, 2.45) is 0 Å². The zero-order valence-electron chi connectivity index (χ0n) is 10.6. The molecular formula is C14H22O2. The van der Waals surface area contributed by atoms with Gasteiger partial charge in [0.05, 0.1) is 7.11 Å². The molecule has 0 N–H and O–H groups in total. The molecule has 1 aliphatic rings. The van der Waals surface area contributed by atoms with Crippen molar-refractivity contribution in [2.45, 2.75) is 52.4 Å². The average Bonchev–Trinajstić information content (AvgIpc) is 2.32. The maximum atomic E-state index is 11.7. The van der Waals surface area contributed by atoms with Gasteiger partial charge >= 0.3 is 5.97 Å². The van der Waals surface area contributed by atoms with E-state index in [2.05, 4.69) is 13.0 Å². The van der Waals surface area contributed by atoms with E-state index in [9.17, 15) is 4.79 Å². The lowest BCUT2D eigenvalue weighted by Crippen LogP contribution is -2.11. The van der Waals surface area contributed by atoms with Crippen LogP contribution in [-0.2, 0) is 9.53 Å². The Labute approximate surface area is 98.4 Å². The van der Waals surface area contributed by atoms with Crippen molar-refractivity contribution in [3.63, 3.8) is 0 Å². The van der Waals surface area contributed by atoms with E-state index >= 15 is 0 Å². The largest absolute Gasteiger partial charge is 0.466 e. The van der Waals surface area contributed by atoms with E-state index in [1.807, 2.05) is 6.92 Å². The van der Waals surface area contributed by atoms with Crippen LogP contribution in [0, 0.1) is 0 Å². The summed E-state index contributed by atoms with van der Waals surface area (Å²) in [5.41, 5.74) is 3.50. The fourth-order valence-electron chi connectivity index (χ4n) is 2.35. The van der Waals surface area contributed by atoms with E-state index in [1.165, 1.54) is 31.1 Å². The molecule has 0 atom stereocenters. The van der Waals surface area contributed by atoms with Crippen molar-refractivity contribution in [3.05, 3.63) is 22.8 Å². The van der Waals surface area contributed by atoms with Crippen molar-refractivity contribution >= 4 is 5.97 Å². The minimum atomic E-state index is -0.151. The van der Waals surface area contributed by atoms with Gasteiger partial charge in [-0.05, 0) is 49.7 Å².